The number of primary amides is 1. The van der Waals surface area contributed by atoms with Gasteiger partial charge in [0.15, 0.2) is 0 Å². The number of ether oxygens (including phenoxy) is 3. The van der Waals surface area contributed by atoms with Crippen LogP contribution in [-0.4, -0.2) is 70.6 Å². The number of nitrogens with two attached hydrogens (primary N) is 2. The molecular weight excluding hydrogens is 928 g/mol. The molecule has 18 nitrogen and oxygen atoms in total. The highest BCUT2D eigenvalue weighted by Gasteiger charge is 2.51. The van der Waals surface area contributed by atoms with Gasteiger partial charge in [-0.1, -0.05) is 74.2 Å². The molecule has 8 N–H and O–H groups in total. The van der Waals surface area contributed by atoms with Crippen molar-refractivity contribution in [3.05, 3.63) is 91.7 Å². The fraction of sp³-hybridized carbons (Fsp3) is 0.458. The first-order valence-corrected chi connectivity index (χ1v) is 23.5. The number of nitrogens with one attached hydrogen (secondary N) is 4. The summed E-state index contributed by atoms with van der Waals surface area (Å²) in [5, 5.41) is 11.7. The molecule has 0 spiro atoms. The fourth-order valence-electron chi connectivity index (χ4n) is 9.11. The molecule has 7 rings (SSSR count). The van der Waals surface area contributed by atoms with Crippen molar-refractivity contribution >= 4 is 68.4 Å². The zero-order chi connectivity index (χ0) is 48.0. The lowest BCUT2D eigenvalue weighted by atomic mass is 9.71. The standard InChI is InChI=1S/C48H57BrN8O10/c1-4-48(33-21-37-40-29(20-31-34(49)10-8-11-35(31)55-40)23-57(37)43(61)32(33)25-65-44(48)62)67-38(58)22-47(17-6-5-7-18-47)26-53-46(64)66-24-28-13-15-30(16-14-28)54-41(59)36(12-9-19-52-45(51)63)56-42(60)39(50)27(2)3/h8,10-11,13-16,20-21,27,36,39H,4-7,9,12,17-19,22-26,50H2,1-3H3,(H,53,64)(H,54,59)(H,56,60)(H3,51,52,63)/t36-,39-,48-/m0/s1. The number of hydrogen-bond donors (Lipinski definition) is 6. The molecule has 67 heavy (non-hydrogen) atoms. The maximum atomic E-state index is 14.1. The van der Waals surface area contributed by atoms with Gasteiger partial charge >= 0.3 is 24.1 Å². The molecule has 0 unspecified atom stereocenters. The summed E-state index contributed by atoms with van der Waals surface area (Å²) >= 11 is 3.60. The van der Waals surface area contributed by atoms with Gasteiger partial charge in [0.25, 0.3) is 5.56 Å². The molecule has 3 aliphatic rings. The second-order valence-corrected chi connectivity index (χ2v) is 18.8. The van der Waals surface area contributed by atoms with E-state index in [9.17, 15) is 33.6 Å². The second kappa shape index (κ2) is 20.7. The third-order valence-electron chi connectivity index (χ3n) is 13.0. The number of carbonyl (C=O) groups excluding carboxylic acids is 6. The molecule has 19 heteroatoms. The molecule has 356 valence electrons. The lowest BCUT2D eigenvalue weighted by Gasteiger charge is -2.39. The SMILES string of the molecule is CC[C@@]1(OC(=O)CC2(CNC(=O)OCc3ccc(NC(=O)[C@H](CCCNC(N)=O)NC(=O)[C@@H](N)C(C)C)cc3)CCCCC2)C(=O)OCc2c1cc1n(c2=O)Cc2cc3c(Br)cccc3nc2-1. The van der Waals surface area contributed by atoms with Gasteiger partial charge in [-0.15, -0.1) is 0 Å². The number of rotatable bonds is 17. The quantitative estimate of drug-likeness (QED) is 0.0383. The van der Waals surface area contributed by atoms with Gasteiger partial charge in [0, 0.05) is 39.8 Å². The lowest BCUT2D eigenvalue weighted by Crippen LogP contribution is -2.51. The zero-order valence-corrected chi connectivity index (χ0v) is 39.4. The number of pyridine rings is 2. The molecule has 0 bridgehead atoms. The monoisotopic (exact) mass is 984 g/mol. The Morgan fingerprint density at radius 2 is 1.73 bits per heavy atom. The van der Waals surface area contributed by atoms with Gasteiger partial charge in [-0.25, -0.2) is 19.4 Å². The van der Waals surface area contributed by atoms with E-state index in [-0.39, 0.29) is 62.6 Å². The molecule has 1 saturated carbocycles. The van der Waals surface area contributed by atoms with Crippen LogP contribution in [0.25, 0.3) is 22.3 Å². The number of cyclic esters (lactones) is 1. The summed E-state index contributed by atoms with van der Waals surface area (Å²) in [6.45, 7) is 5.58. The number of alkyl carbamates (subject to hydrolysis) is 1. The summed E-state index contributed by atoms with van der Waals surface area (Å²) in [5.74, 6) is -2.52. The van der Waals surface area contributed by atoms with Gasteiger partial charge in [-0.2, -0.15) is 0 Å². The van der Waals surface area contributed by atoms with Crippen LogP contribution in [-0.2, 0) is 58.7 Å². The molecule has 1 fully saturated rings. The number of amides is 5. The van der Waals surface area contributed by atoms with Crippen molar-refractivity contribution in [1.29, 1.82) is 0 Å². The first-order valence-electron chi connectivity index (χ1n) is 22.7. The minimum absolute atomic E-state index is 0.0211. The molecule has 2 aliphatic heterocycles. The smallest absolute Gasteiger partial charge is 0.407 e. The van der Waals surface area contributed by atoms with Crippen LogP contribution >= 0.6 is 15.9 Å². The first-order chi connectivity index (χ1) is 32.0. The number of nitrogens with zero attached hydrogens (tertiary/aromatic N) is 2. The molecule has 0 saturated heterocycles. The highest BCUT2D eigenvalue weighted by molar-refractivity contribution is 9.10. The molecular formula is C48H57BrN8O10. The number of fused-ring (bicyclic) bond motifs is 5. The van der Waals surface area contributed by atoms with Gasteiger partial charge < -0.3 is 51.5 Å². The van der Waals surface area contributed by atoms with E-state index in [1.165, 1.54) is 0 Å². The first kappa shape index (κ1) is 48.6. The van der Waals surface area contributed by atoms with E-state index in [4.69, 9.17) is 30.7 Å². The van der Waals surface area contributed by atoms with Crippen LogP contribution < -0.4 is 38.3 Å². The number of halogens is 1. The maximum absolute atomic E-state index is 14.1. The molecule has 1 aliphatic carbocycles. The minimum atomic E-state index is -1.87. The average Bonchev–Trinajstić information content (AvgIpc) is 3.67. The highest BCUT2D eigenvalue weighted by Crippen LogP contribution is 2.44. The Balaban J connectivity index is 0.977. The van der Waals surface area contributed by atoms with Gasteiger partial charge in [0.1, 0.15) is 19.3 Å². The largest absolute Gasteiger partial charge is 0.457 e. The molecule has 0 radical (unpaired) electrons. The Morgan fingerprint density at radius 3 is 2.43 bits per heavy atom. The number of aromatic nitrogens is 2. The Labute approximate surface area is 395 Å². The van der Waals surface area contributed by atoms with Crippen LogP contribution in [0.2, 0.25) is 0 Å². The summed E-state index contributed by atoms with van der Waals surface area (Å²) in [4.78, 5) is 97.1. The predicted molar refractivity (Wildman–Crippen MR) is 251 cm³/mol. The summed E-state index contributed by atoms with van der Waals surface area (Å²) < 4.78 is 19.8. The summed E-state index contributed by atoms with van der Waals surface area (Å²) in [5.41, 5.74) is 12.6. The van der Waals surface area contributed by atoms with E-state index in [1.54, 1.807) is 55.7 Å². The lowest BCUT2D eigenvalue weighted by molar-refractivity contribution is -0.191. The van der Waals surface area contributed by atoms with Crippen molar-refractivity contribution in [3.8, 4) is 11.4 Å². The molecule has 3 atom stereocenters. The number of benzene rings is 2. The van der Waals surface area contributed by atoms with Gasteiger partial charge in [0.05, 0.1) is 41.5 Å². The van der Waals surface area contributed by atoms with Crippen LogP contribution in [0.15, 0.2) is 63.9 Å². The summed E-state index contributed by atoms with van der Waals surface area (Å²) in [6, 6.07) is 13.6. The highest BCUT2D eigenvalue weighted by atomic mass is 79.9. The summed E-state index contributed by atoms with van der Waals surface area (Å²) in [7, 11) is 0. The number of carbonyl (C=O) groups is 6. The van der Waals surface area contributed by atoms with E-state index in [1.807, 2.05) is 24.3 Å². The van der Waals surface area contributed by atoms with Crippen molar-refractivity contribution in [2.24, 2.45) is 22.8 Å². The van der Waals surface area contributed by atoms with E-state index < -0.39 is 59.0 Å². The molecule has 2 aromatic carbocycles. The predicted octanol–water partition coefficient (Wildman–Crippen LogP) is 5.52. The average molecular weight is 986 g/mol. The van der Waals surface area contributed by atoms with Crippen LogP contribution in [0.3, 0.4) is 0 Å². The second-order valence-electron chi connectivity index (χ2n) is 18.0. The number of anilines is 1. The fourth-order valence-corrected chi connectivity index (χ4v) is 9.58. The van der Waals surface area contributed by atoms with Crippen molar-refractivity contribution in [2.75, 3.05) is 18.4 Å². The van der Waals surface area contributed by atoms with E-state index >= 15 is 0 Å². The van der Waals surface area contributed by atoms with Crippen LogP contribution in [0, 0.1) is 11.3 Å². The van der Waals surface area contributed by atoms with Gasteiger partial charge in [-0.3, -0.25) is 19.2 Å². The Bertz CT molecular complexity index is 2630. The van der Waals surface area contributed by atoms with Crippen molar-refractivity contribution in [2.45, 2.75) is 116 Å². The van der Waals surface area contributed by atoms with Crippen LogP contribution in [0.4, 0.5) is 15.3 Å². The molecule has 4 heterocycles. The Kier molecular flexibility index (Phi) is 15.0. The van der Waals surface area contributed by atoms with Gasteiger partial charge in [0.2, 0.25) is 17.4 Å². The topological polar surface area (TPSA) is 265 Å². The number of hydrogen-bond acceptors (Lipinski definition) is 12. The number of urea groups is 1. The molecule has 4 aromatic rings. The third kappa shape index (κ3) is 10.8. The summed E-state index contributed by atoms with van der Waals surface area (Å²) in [6.07, 6.45) is 3.65. The molecule has 5 amide bonds. The van der Waals surface area contributed by atoms with E-state index in [0.717, 1.165) is 40.2 Å². The minimum Gasteiger partial charge on any atom is -0.457 e. The van der Waals surface area contributed by atoms with E-state index in [2.05, 4.69) is 37.2 Å². The molecule has 2 aromatic heterocycles. The maximum Gasteiger partial charge on any atom is 0.407 e. The van der Waals surface area contributed by atoms with Crippen molar-refractivity contribution < 1.29 is 43.0 Å². The van der Waals surface area contributed by atoms with Crippen molar-refractivity contribution in [3.63, 3.8) is 0 Å². The Morgan fingerprint density at radius 1 is 0.985 bits per heavy atom. The van der Waals surface area contributed by atoms with Crippen molar-refractivity contribution in [1.82, 2.24) is 25.5 Å². The van der Waals surface area contributed by atoms with Gasteiger partial charge in [-0.05, 0) is 85.4 Å². The zero-order valence-electron chi connectivity index (χ0n) is 37.8. The van der Waals surface area contributed by atoms with Crippen LogP contribution in [0.5, 0.6) is 0 Å². The third-order valence-corrected chi connectivity index (χ3v) is 13.7. The number of esters is 2. The normalized spacial score (nSPS) is 17.8. The van der Waals surface area contributed by atoms with Crippen LogP contribution in [0.1, 0.15) is 101 Å². The van der Waals surface area contributed by atoms with E-state index in [0.29, 0.717) is 54.0 Å². The Hall–Kier alpha value is -6.34.